The van der Waals surface area contributed by atoms with Crippen molar-refractivity contribution in [2.45, 2.75) is 50.5 Å². The molecule has 1 saturated carbocycles. The van der Waals surface area contributed by atoms with Crippen LogP contribution in [0.3, 0.4) is 0 Å². The number of anilines is 1. The van der Waals surface area contributed by atoms with Crippen molar-refractivity contribution >= 4 is 39.5 Å². The van der Waals surface area contributed by atoms with Crippen LogP contribution in [0, 0.1) is 0 Å². The fraction of sp³-hybridized carbons (Fsp3) is 0.526. The smallest absolute Gasteiger partial charge is 0.323 e. The summed E-state index contributed by atoms with van der Waals surface area (Å²) >= 11 is 3.46. The van der Waals surface area contributed by atoms with E-state index in [0.29, 0.717) is 25.9 Å². The number of benzene rings is 1. The Balaban J connectivity index is 1.34. The molecule has 2 heterocycles. The van der Waals surface area contributed by atoms with Gasteiger partial charge in [-0.25, -0.2) is 4.79 Å². The van der Waals surface area contributed by atoms with Gasteiger partial charge < -0.3 is 10.2 Å². The number of fused-ring (bicyclic) bond motifs is 1. The third kappa shape index (κ3) is 2.92. The molecule has 0 bridgehead atoms. The molecule has 1 N–H and O–H groups in total. The molecule has 0 unspecified atom stereocenters. The SMILES string of the molecule is O=C1NC2(CCCC2)C(=O)N1CCCC(=O)N1CCc2cc(Br)ccc21. The van der Waals surface area contributed by atoms with Gasteiger partial charge in [0, 0.05) is 29.7 Å². The van der Waals surface area contributed by atoms with Crippen LogP contribution < -0.4 is 10.2 Å². The lowest BCUT2D eigenvalue weighted by Gasteiger charge is -2.20. The van der Waals surface area contributed by atoms with Gasteiger partial charge in [0.25, 0.3) is 5.91 Å². The molecule has 2 aliphatic heterocycles. The van der Waals surface area contributed by atoms with Crippen molar-refractivity contribution in [2.75, 3.05) is 18.0 Å². The van der Waals surface area contributed by atoms with Crippen LogP contribution in [0.25, 0.3) is 0 Å². The number of urea groups is 1. The Bertz CT molecular complexity index is 773. The maximum atomic E-state index is 12.6. The molecule has 1 spiro atoms. The number of nitrogens with one attached hydrogen (secondary N) is 1. The first-order valence-corrected chi connectivity index (χ1v) is 10.0. The second kappa shape index (κ2) is 6.68. The van der Waals surface area contributed by atoms with Crippen molar-refractivity contribution in [3.8, 4) is 0 Å². The number of hydrogen-bond acceptors (Lipinski definition) is 3. The Kier molecular flexibility index (Phi) is 4.50. The quantitative estimate of drug-likeness (QED) is 0.762. The van der Waals surface area contributed by atoms with Crippen molar-refractivity contribution in [3.63, 3.8) is 0 Å². The van der Waals surface area contributed by atoms with E-state index in [1.165, 1.54) is 10.5 Å². The molecule has 1 aliphatic carbocycles. The van der Waals surface area contributed by atoms with E-state index in [1.54, 1.807) is 0 Å². The first-order chi connectivity index (χ1) is 12.5. The van der Waals surface area contributed by atoms with Crippen LogP contribution in [0.1, 0.15) is 44.1 Å². The molecular formula is C19H22BrN3O3. The Morgan fingerprint density at radius 3 is 2.77 bits per heavy atom. The summed E-state index contributed by atoms with van der Waals surface area (Å²) in [6.45, 7) is 0.996. The monoisotopic (exact) mass is 419 g/mol. The van der Waals surface area contributed by atoms with E-state index in [4.69, 9.17) is 0 Å². The molecule has 1 saturated heterocycles. The van der Waals surface area contributed by atoms with Gasteiger partial charge >= 0.3 is 6.03 Å². The normalized spacial score (nSPS) is 20.8. The van der Waals surface area contributed by atoms with E-state index in [0.717, 1.165) is 42.3 Å². The molecule has 7 heteroatoms. The summed E-state index contributed by atoms with van der Waals surface area (Å²) in [5.41, 5.74) is 1.48. The molecule has 6 nitrogen and oxygen atoms in total. The lowest BCUT2D eigenvalue weighted by Crippen LogP contribution is -2.44. The predicted molar refractivity (Wildman–Crippen MR) is 101 cm³/mol. The van der Waals surface area contributed by atoms with Gasteiger partial charge in [-0.15, -0.1) is 0 Å². The summed E-state index contributed by atoms with van der Waals surface area (Å²) in [4.78, 5) is 40.5. The highest BCUT2D eigenvalue weighted by atomic mass is 79.9. The summed E-state index contributed by atoms with van der Waals surface area (Å²) < 4.78 is 1.02. The minimum Gasteiger partial charge on any atom is -0.323 e. The van der Waals surface area contributed by atoms with Crippen molar-refractivity contribution in [1.29, 1.82) is 0 Å². The summed E-state index contributed by atoms with van der Waals surface area (Å²) in [6, 6.07) is 5.65. The van der Waals surface area contributed by atoms with Crippen LogP contribution in [0.5, 0.6) is 0 Å². The highest BCUT2D eigenvalue weighted by molar-refractivity contribution is 9.10. The van der Waals surface area contributed by atoms with Gasteiger partial charge in [-0.3, -0.25) is 14.5 Å². The molecule has 4 rings (SSSR count). The number of imide groups is 1. The molecule has 0 radical (unpaired) electrons. The maximum absolute atomic E-state index is 12.6. The summed E-state index contributed by atoms with van der Waals surface area (Å²) in [5.74, 6) is -0.0578. The highest BCUT2D eigenvalue weighted by Crippen LogP contribution is 2.35. The second-order valence-electron chi connectivity index (χ2n) is 7.35. The van der Waals surface area contributed by atoms with Crippen molar-refractivity contribution in [3.05, 3.63) is 28.2 Å². The van der Waals surface area contributed by atoms with Gasteiger partial charge in [-0.1, -0.05) is 28.8 Å². The van der Waals surface area contributed by atoms with Gasteiger partial charge in [-0.2, -0.15) is 0 Å². The van der Waals surface area contributed by atoms with E-state index < -0.39 is 5.54 Å². The van der Waals surface area contributed by atoms with Crippen LogP contribution in [0.2, 0.25) is 0 Å². The van der Waals surface area contributed by atoms with Crippen LogP contribution >= 0.6 is 15.9 Å². The van der Waals surface area contributed by atoms with Crippen LogP contribution in [-0.2, 0) is 16.0 Å². The lowest BCUT2D eigenvalue weighted by atomic mass is 9.98. The van der Waals surface area contributed by atoms with Gasteiger partial charge in [0.15, 0.2) is 0 Å². The predicted octanol–water partition coefficient (Wildman–Crippen LogP) is 2.98. The number of hydrogen-bond donors (Lipinski definition) is 1. The Morgan fingerprint density at radius 2 is 2.00 bits per heavy atom. The molecule has 1 aromatic carbocycles. The number of carbonyl (C=O) groups is 3. The lowest BCUT2D eigenvalue weighted by molar-refractivity contribution is -0.131. The molecule has 1 aromatic rings. The van der Waals surface area contributed by atoms with Gasteiger partial charge in [0.2, 0.25) is 5.91 Å². The molecule has 3 aliphatic rings. The molecule has 2 fully saturated rings. The zero-order chi connectivity index (χ0) is 18.3. The standard InChI is InChI=1S/C19H22BrN3O3/c20-14-5-6-15-13(12-14)7-11-22(15)16(24)4-3-10-23-17(25)19(21-18(23)26)8-1-2-9-19/h5-6,12H,1-4,7-11H2,(H,21,26). The first kappa shape index (κ1) is 17.5. The van der Waals surface area contributed by atoms with Crippen LogP contribution in [-0.4, -0.2) is 41.4 Å². The van der Waals surface area contributed by atoms with Crippen LogP contribution in [0.4, 0.5) is 10.5 Å². The highest BCUT2D eigenvalue weighted by Gasteiger charge is 2.52. The average molecular weight is 420 g/mol. The summed E-state index contributed by atoms with van der Waals surface area (Å²) in [7, 11) is 0. The molecular weight excluding hydrogens is 398 g/mol. The average Bonchev–Trinajstić information content (AvgIpc) is 3.29. The van der Waals surface area contributed by atoms with E-state index in [-0.39, 0.29) is 17.8 Å². The van der Waals surface area contributed by atoms with Gasteiger partial charge in [0.05, 0.1) is 0 Å². The zero-order valence-electron chi connectivity index (χ0n) is 14.6. The summed E-state index contributed by atoms with van der Waals surface area (Å²) in [5, 5.41) is 2.88. The number of carbonyl (C=O) groups excluding carboxylic acids is 3. The van der Waals surface area contributed by atoms with E-state index in [9.17, 15) is 14.4 Å². The molecule has 138 valence electrons. The first-order valence-electron chi connectivity index (χ1n) is 9.23. The van der Waals surface area contributed by atoms with Crippen molar-refractivity contribution in [1.82, 2.24) is 10.2 Å². The largest absolute Gasteiger partial charge is 0.325 e. The minimum absolute atomic E-state index is 0.0497. The fourth-order valence-corrected chi connectivity index (χ4v) is 4.76. The van der Waals surface area contributed by atoms with Crippen molar-refractivity contribution < 1.29 is 14.4 Å². The Labute approximate surface area is 161 Å². The molecule has 26 heavy (non-hydrogen) atoms. The zero-order valence-corrected chi connectivity index (χ0v) is 16.2. The number of halogens is 1. The van der Waals surface area contributed by atoms with Crippen molar-refractivity contribution in [2.24, 2.45) is 0 Å². The molecule has 4 amide bonds. The van der Waals surface area contributed by atoms with E-state index >= 15 is 0 Å². The second-order valence-corrected chi connectivity index (χ2v) is 8.26. The van der Waals surface area contributed by atoms with E-state index in [1.807, 2.05) is 17.0 Å². The third-order valence-electron chi connectivity index (χ3n) is 5.71. The maximum Gasteiger partial charge on any atom is 0.325 e. The van der Waals surface area contributed by atoms with Crippen LogP contribution in [0.15, 0.2) is 22.7 Å². The van der Waals surface area contributed by atoms with Gasteiger partial charge in [0.1, 0.15) is 5.54 Å². The Morgan fingerprint density at radius 1 is 1.23 bits per heavy atom. The van der Waals surface area contributed by atoms with Gasteiger partial charge in [-0.05, 0) is 49.4 Å². The topological polar surface area (TPSA) is 69.7 Å². The fourth-order valence-electron chi connectivity index (χ4n) is 4.35. The molecule has 0 aromatic heterocycles. The Hall–Kier alpha value is -1.89. The summed E-state index contributed by atoms with van der Waals surface area (Å²) in [6.07, 6.45) is 5.10. The minimum atomic E-state index is -0.664. The number of rotatable bonds is 4. The van der Waals surface area contributed by atoms with E-state index in [2.05, 4.69) is 27.3 Å². The molecule has 0 atom stereocenters. The number of amides is 4. The third-order valence-corrected chi connectivity index (χ3v) is 6.21. The number of nitrogens with zero attached hydrogens (tertiary/aromatic N) is 2.